The maximum Gasteiger partial charge on any atom is 0.326 e. The van der Waals surface area contributed by atoms with E-state index in [1.807, 2.05) is 73.7 Å². The van der Waals surface area contributed by atoms with E-state index in [9.17, 15) is 4.79 Å². The summed E-state index contributed by atoms with van der Waals surface area (Å²) >= 11 is 6.10. The molecule has 8 heteroatoms. The van der Waals surface area contributed by atoms with Gasteiger partial charge in [0.25, 0.3) is 5.89 Å². The zero-order valence-corrected chi connectivity index (χ0v) is 19.3. The van der Waals surface area contributed by atoms with E-state index in [0.717, 1.165) is 16.8 Å². The molecule has 1 atom stereocenters. The Morgan fingerprint density at radius 2 is 1.79 bits per heavy atom. The molecule has 3 aromatic carbocycles. The third kappa shape index (κ3) is 4.02. The average Bonchev–Trinajstić information content (AvgIpc) is 3.35. The number of nitrogens with zero attached hydrogens (tertiary/aromatic N) is 3. The van der Waals surface area contributed by atoms with Gasteiger partial charge in [-0.1, -0.05) is 59.2 Å². The van der Waals surface area contributed by atoms with Crippen LogP contribution in [-0.4, -0.2) is 23.3 Å². The highest BCUT2D eigenvalue weighted by atomic mass is 35.5. The molecule has 5 rings (SSSR count). The topological polar surface area (TPSA) is 80.5 Å². The molecule has 4 aromatic rings. The normalized spacial score (nSPS) is 15.9. The monoisotopic (exact) mass is 472 g/mol. The van der Waals surface area contributed by atoms with Gasteiger partial charge in [0.05, 0.1) is 24.4 Å². The van der Waals surface area contributed by atoms with Crippen LogP contribution in [0.5, 0.6) is 5.75 Å². The van der Waals surface area contributed by atoms with E-state index in [1.54, 1.807) is 24.1 Å². The fraction of sp³-hybridized carbons (Fsp3) is 0.115. The fourth-order valence-electron chi connectivity index (χ4n) is 4.03. The Kier molecular flexibility index (Phi) is 5.77. The van der Waals surface area contributed by atoms with Crippen LogP contribution in [0.1, 0.15) is 24.4 Å². The van der Waals surface area contributed by atoms with Crippen molar-refractivity contribution in [1.82, 2.24) is 15.5 Å². The maximum absolute atomic E-state index is 13.2. The van der Waals surface area contributed by atoms with E-state index in [1.165, 1.54) is 0 Å². The van der Waals surface area contributed by atoms with Gasteiger partial charge in [-0.2, -0.15) is 4.98 Å². The van der Waals surface area contributed by atoms with Crippen LogP contribution in [0, 0.1) is 0 Å². The molecule has 0 radical (unpaired) electrons. The smallest absolute Gasteiger partial charge is 0.326 e. The number of aromatic nitrogens is 2. The summed E-state index contributed by atoms with van der Waals surface area (Å²) in [6, 6.07) is 23.4. The Hall–Kier alpha value is -4.10. The molecule has 0 bridgehead atoms. The van der Waals surface area contributed by atoms with Crippen molar-refractivity contribution in [1.29, 1.82) is 0 Å². The number of urea groups is 1. The molecule has 170 valence electrons. The SMILES string of the molecule is COc1cccc(-c2noc(C3=C(C)N(c4ccccc4)C(=O)NC3c3ccc(Cl)cc3)n2)c1. The molecule has 1 aromatic heterocycles. The second-order valence-electron chi connectivity index (χ2n) is 7.76. The summed E-state index contributed by atoms with van der Waals surface area (Å²) in [5.74, 6) is 1.43. The summed E-state index contributed by atoms with van der Waals surface area (Å²) in [6.45, 7) is 1.87. The number of carbonyl (C=O) groups excluding carboxylic acids is 1. The summed E-state index contributed by atoms with van der Waals surface area (Å²) in [6.07, 6.45) is 0. The second kappa shape index (κ2) is 9.03. The summed E-state index contributed by atoms with van der Waals surface area (Å²) < 4.78 is 11.0. The zero-order valence-electron chi connectivity index (χ0n) is 18.5. The van der Waals surface area contributed by atoms with Gasteiger partial charge in [-0.3, -0.25) is 4.90 Å². The first-order chi connectivity index (χ1) is 16.5. The predicted molar refractivity (Wildman–Crippen MR) is 131 cm³/mol. The number of hydrogen-bond acceptors (Lipinski definition) is 5. The standard InChI is InChI=1S/C26H21ClN4O3/c1-16-22(25-29-24(30-34-25)18-7-6-10-21(15-18)33-2)23(17-11-13-19(27)14-12-17)28-26(32)31(16)20-8-4-3-5-9-20/h3-15,23H,1-2H3,(H,28,32). The van der Waals surface area contributed by atoms with Crippen molar-refractivity contribution in [2.45, 2.75) is 13.0 Å². The first kappa shape index (κ1) is 21.7. The predicted octanol–water partition coefficient (Wildman–Crippen LogP) is 6.10. The van der Waals surface area contributed by atoms with E-state index in [-0.39, 0.29) is 6.03 Å². The molecule has 0 saturated carbocycles. The van der Waals surface area contributed by atoms with Crippen molar-refractivity contribution < 1.29 is 14.1 Å². The van der Waals surface area contributed by atoms with Crippen molar-refractivity contribution in [3.8, 4) is 17.1 Å². The highest BCUT2D eigenvalue weighted by Gasteiger charge is 2.36. The quantitative estimate of drug-likeness (QED) is 0.379. The third-order valence-corrected chi connectivity index (χ3v) is 5.94. The average molecular weight is 473 g/mol. The molecule has 1 aliphatic heterocycles. The number of ether oxygens (including phenoxy) is 1. The van der Waals surface area contributed by atoms with Crippen LogP contribution < -0.4 is 15.0 Å². The van der Waals surface area contributed by atoms with E-state index in [2.05, 4.69) is 15.5 Å². The van der Waals surface area contributed by atoms with Crippen LogP contribution in [0.2, 0.25) is 5.02 Å². The molecule has 0 spiro atoms. The lowest BCUT2D eigenvalue weighted by molar-refractivity contribution is 0.244. The molecule has 0 fully saturated rings. The van der Waals surface area contributed by atoms with Gasteiger partial charge >= 0.3 is 6.03 Å². The van der Waals surface area contributed by atoms with Crippen LogP contribution in [0.15, 0.2) is 89.1 Å². The molecular formula is C26H21ClN4O3. The Morgan fingerprint density at radius 1 is 1.03 bits per heavy atom. The van der Waals surface area contributed by atoms with Crippen molar-refractivity contribution >= 4 is 28.9 Å². The van der Waals surface area contributed by atoms with Gasteiger partial charge in [0.2, 0.25) is 5.82 Å². The minimum Gasteiger partial charge on any atom is -0.497 e. The molecule has 1 unspecified atom stereocenters. The minimum absolute atomic E-state index is 0.250. The molecule has 7 nitrogen and oxygen atoms in total. The van der Waals surface area contributed by atoms with Gasteiger partial charge in [0.1, 0.15) is 5.75 Å². The number of benzene rings is 3. The highest BCUT2D eigenvalue weighted by Crippen LogP contribution is 2.39. The van der Waals surface area contributed by atoms with Crippen molar-refractivity contribution in [3.63, 3.8) is 0 Å². The molecule has 2 amide bonds. The Morgan fingerprint density at radius 3 is 2.53 bits per heavy atom. The van der Waals surface area contributed by atoms with Crippen LogP contribution in [0.25, 0.3) is 17.0 Å². The Balaban J connectivity index is 1.64. The second-order valence-corrected chi connectivity index (χ2v) is 8.20. The first-order valence-corrected chi connectivity index (χ1v) is 11.0. The van der Waals surface area contributed by atoms with Gasteiger partial charge in [-0.05, 0) is 48.9 Å². The maximum atomic E-state index is 13.2. The first-order valence-electron chi connectivity index (χ1n) is 10.7. The lowest BCUT2D eigenvalue weighted by Gasteiger charge is -2.35. The van der Waals surface area contributed by atoms with Gasteiger partial charge in [-0.25, -0.2) is 4.79 Å². The van der Waals surface area contributed by atoms with Gasteiger partial charge in [-0.15, -0.1) is 0 Å². The van der Waals surface area contributed by atoms with Crippen molar-refractivity contribution in [2.75, 3.05) is 12.0 Å². The highest BCUT2D eigenvalue weighted by molar-refractivity contribution is 6.30. The number of nitrogens with one attached hydrogen (secondary N) is 1. The Bertz CT molecular complexity index is 1370. The van der Waals surface area contributed by atoms with Gasteiger partial charge in [0.15, 0.2) is 0 Å². The van der Waals surface area contributed by atoms with Gasteiger partial charge < -0.3 is 14.6 Å². The number of amides is 2. The molecule has 2 heterocycles. The number of para-hydroxylation sites is 1. The molecular weight excluding hydrogens is 452 g/mol. The molecule has 1 aliphatic rings. The number of rotatable bonds is 5. The lowest BCUT2D eigenvalue weighted by Crippen LogP contribution is -2.46. The van der Waals surface area contributed by atoms with Crippen molar-refractivity contribution in [3.05, 3.63) is 101 Å². The van der Waals surface area contributed by atoms with E-state index < -0.39 is 6.04 Å². The lowest BCUT2D eigenvalue weighted by atomic mass is 9.94. The number of hydrogen-bond donors (Lipinski definition) is 1. The summed E-state index contributed by atoms with van der Waals surface area (Å²) in [4.78, 5) is 19.5. The Labute approximate surface area is 201 Å². The number of anilines is 1. The number of allylic oxidation sites excluding steroid dienone is 1. The summed E-state index contributed by atoms with van der Waals surface area (Å²) in [5.41, 5.74) is 3.73. The van der Waals surface area contributed by atoms with Crippen LogP contribution in [-0.2, 0) is 0 Å². The van der Waals surface area contributed by atoms with E-state index in [4.69, 9.17) is 20.9 Å². The largest absolute Gasteiger partial charge is 0.497 e. The van der Waals surface area contributed by atoms with Crippen LogP contribution >= 0.6 is 11.6 Å². The van der Waals surface area contributed by atoms with Gasteiger partial charge in [0, 0.05) is 16.3 Å². The zero-order chi connectivity index (χ0) is 23.7. The molecule has 1 N–H and O–H groups in total. The molecule has 0 aliphatic carbocycles. The van der Waals surface area contributed by atoms with Crippen molar-refractivity contribution in [2.24, 2.45) is 0 Å². The fourth-order valence-corrected chi connectivity index (χ4v) is 4.15. The van der Waals surface area contributed by atoms with Crippen LogP contribution in [0.3, 0.4) is 0 Å². The summed E-state index contributed by atoms with van der Waals surface area (Å²) in [7, 11) is 1.61. The number of halogens is 1. The van der Waals surface area contributed by atoms with Crippen LogP contribution in [0.4, 0.5) is 10.5 Å². The molecule has 0 saturated heterocycles. The van der Waals surface area contributed by atoms with E-state index in [0.29, 0.717) is 33.8 Å². The third-order valence-electron chi connectivity index (χ3n) is 5.69. The number of methoxy groups -OCH3 is 1. The summed E-state index contributed by atoms with van der Waals surface area (Å²) in [5, 5.41) is 7.90. The minimum atomic E-state index is -0.497. The molecule has 34 heavy (non-hydrogen) atoms. The van der Waals surface area contributed by atoms with E-state index >= 15 is 0 Å². The number of carbonyl (C=O) groups is 1.